The summed E-state index contributed by atoms with van der Waals surface area (Å²) in [5, 5.41) is 11.4. The molecule has 2 aliphatic rings. The summed E-state index contributed by atoms with van der Waals surface area (Å²) in [6.45, 7) is 2.51. The monoisotopic (exact) mass is 406 g/mol. The zero-order valence-corrected chi connectivity index (χ0v) is 15.4. The molecule has 0 unspecified atom stereocenters. The molecule has 0 radical (unpaired) electrons. The molecule has 1 aliphatic heterocycles. The summed E-state index contributed by atoms with van der Waals surface area (Å²) < 4.78 is 31.7. The number of amides is 1. The van der Waals surface area contributed by atoms with E-state index in [-0.39, 0.29) is 11.4 Å². The normalized spacial score (nSPS) is 19.2. The second-order valence-corrected chi connectivity index (χ2v) is 7.24. The third-order valence-electron chi connectivity index (χ3n) is 4.79. The summed E-state index contributed by atoms with van der Waals surface area (Å²) in [7, 11) is 0. The highest BCUT2D eigenvalue weighted by molar-refractivity contribution is 6.30. The number of hydrogen-bond acceptors (Lipinski definition) is 3. The largest absolute Gasteiger partial charge is 0.490 e. The van der Waals surface area contributed by atoms with Crippen molar-refractivity contribution >= 4 is 23.5 Å². The van der Waals surface area contributed by atoms with Crippen molar-refractivity contribution in [3.05, 3.63) is 34.9 Å². The average molecular weight is 407 g/mol. The third kappa shape index (κ3) is 6.10. The number of piperazine rings is 1. The lowest BCUT2D eigenvalue weighted by molar-refractivity contribution is -0.192. The van der Waals surface area contributed by atoms with E-state index in [1.807, 2.05) is 17.0 Å². The van der Waals surface area contributed by atoms with Crippen molar-refractivity contribution in [2.45, 2.75) is 43.8 Å². The number of halogens is 4. The quantitative estimate of drug-likeness (QED) is 0.745. The van der Waals surface area contributed by atoms with E-state index >= 15 is 0 Å². The maximum Gasteiger partial charge on any atom is 0.490 e. The van der Waals surface area contributed by atoms with Crippen LogP contribution in [0.25, 0.3) is 0 Å². The van der Waals surface area contributed by atoms with E-state index < -0.39 is 12.1 Å². The Balaban J connectivity index is 0.000000321. The molecule has 1 aromatic carbocycles. The van der Waals surface area contributed by atoms with Gasteiger partial charge in [-0.1, -0.05) is 36.9 Å². The number of nitrogens with one attached hydrogen (secondary N) is 1. The maximum absolute atomic E-state index is 12.6. The molecule has 1 heterocycles. The summed E-state index contributed by atoms with van der Waals surface area (Å²) in [5.41, 5.74) is 0.857. The van der Waals surface area contributed by atoms with Gasteiger partial charge in [0, 0.05) is 35.8 Å². The van der Waals surface area contributed by atoms with Gasteiger partial charge >= 0.3 is 12.1 Å². The lowest BCUT2D eigenvalue weighted by Crippen LogP contribution is -2.62. The van der Waals surface area contributed by atoms with Gasteiger partial charge in [-0.25, -0.2) is 4.79 Å². The van der Waals surface area contributed by atoms with E-state index in [0.29, 0.717) is 10.6 Å². The first-order chi connectivity index (χ1) is 12.6. The first-order valence-electron chi connectivity index (χ1n) is 8.73. The smallest absolute Gasteiger partial charge is 0.475 e. The molecule has 27 heavy (non-hydrogen) atoms. The number of carboxylic acid groups (broad SMARTS) is 1. The van der Waals surface area contributed by atoms with Gasteiger partial charge in [0.25, 0.3) is 5.91 Å². The summed E-state index contributed by atoms with van der Waals surface area (Å²) in [6, 6.07) is 7.26. The minimum absolute atomic E-state index is 0.110. The van der Waals surface area contributed by atoms with E-state index in [2.05, 4.69) is 5.32 Å². The fraction of sp³-hybridized carbons (Fsp3) is 0.556. The predicted octanol–water partition coefficient (Wildman–Crippen LogP) is 3.72. The van der Waals surface area contributed by atoms with Crippen LogP contribution in [0.1, 0.15) is 42.5 Å². The molecule has 0 aromatic heterocycles. The van der Waals surface area contributed by atoms with Crippen molar-refractivity contribution in [2.75, 3.05) is 19.6 Å². The van der Waals surface area contributed by atoms with E-state index in [1.165, 1.54) is 32.1 Å². The average Bonchev–Trinajstić information content (AvgIpc) is 2.61. The van der Waals surface area contributed by atoms with Gasteiger partial charge in [0.1, 0.15) is 0 Å². The number of nitrogens with zero attached hydrogens (tertiary/aromatic N) is 1. The highest BCUT2D eigenvalue weighted by Gasteiger charge is 2.38. The Labute approximate surface area is 160 Å². The lowest BCUT2D eigenvalue weighted by atomic mass is 9.80. The van der Waals surface area contributed by atoms with Crippen LogP contribution >= 0.6 is 11.6 Å². The van der Waals surface area contributed by atoms with Gasteiger partial charge in [0.2, 0.25) is 0 Å². The van der Waals surface area contributed by atoms with Gasteiger partial charge in [0.05, 0.1) is 0 Å². The highest BCUT2D eigenvalue weighted by atomic mass is 35.5. The fourth-order valence-electron chi connectivity index (χ4n) is 3.50. The summed E-state index contributed by atoms with van der Waals surface area (Å²) in [6.07, 6.45) is 1.16. The van der Waals surface area contributed by atoms with Gasteiger partial charge in [-0.3, -0.25) is 4.79 Å². The molecule has 1 saturated carbocycles. The third-order valence-corrected chi connectivity index (χ3v) is 5.02. The number of aliphatic carboxylic acids is 1. The van der Waals surface area contributed by atoms with Crippen LogP contribution in [0.15, 0.2) is 24.3 Å². The molecule has 0 atom stereocenters. The molecular formula is C18H22ClF3N2O3. The summed E-state index contributed by atoms with van der Waals surface area (Å²) in [5.74, 6) is -2.65. The minimum Gasteiger partial charge on any atom is -0.475 e. The second-order valence-electron chi connectivity index (χ2n) is 6.81. The van der Waals surface area contributed by atoms with Crippen LogP contribution in [0.3, 0.4) is 0 Å². The van der Waals surface area contributed by atoms with Crippen molar-refractivity contribution in [3.63, 3.8) is 0 Å². The van der Waals surface area contributed by atoms with Crippen molar-refractivity contribution < 1.29 is 27.9 Å². The van der Waals surface area contributed by atoms with Crippen LogP contribution in [-0.2, 0) is 4.79 Å². The van der Waals surface area contributed by atoms with Crippen LogP contribution in [0.4, 0.5) is 13.2 Å². The van der Waals surface area contributed by atoms with E-state index in [1.54, 1.807) is 12.1 Å². The number of alkyl halides is 3. The molecule has 1 spiro atoms. The Bertz CT molecular complexity index is 671. The maximum atomic E-state index is 12.6. The molecule has 5 nitrogen and oxygen atoms in total. The van der Waals surface area contributed by atoms with Gasteiger partial charge in [-0.15, -0.1) is 0 Å². The fourth-order valence-corrected chi connectivity index (χ4v) is 3.69. The van der Waals surface area contributed by atoms with E-state index in [0.717, 1.165) is 19.6 Å². The van der Waals surface area contributed by atoms with Gasteiger partial charge < -0.3 is 15.3 Å². The zero-order chi connectivity index (χ0) is 20.1. The number of carbonyl (C=O) groups excluding carboxylic acids is 1. The Morgan fingerprint density at radius 2 is 1.81 bits per heavy atom. The minimum atomic E-state index is -5.08. The second kappa shape index (κ2) is 8.93. The van der Waals surface area contributed by atoms with Crippen molar-refractivity contribution in [3.8, 4) is 0 Å². The van der Waals surface area contributed by atoms with Crippen LogP contribution in [-0.4, -0.2) is 53.2 Å². The predicted molar refractivity (Wildman–Crippen MR) is 94.9 cm³/mol. The van der Waals surface area contributed by atoms with Gasteiger partial charge in [-0.05, 0) is 31.0 Å². The van der Waals surface area contributed by atoms with Gasteiger partial charge in [-0.2, -0.15) is 13.2 Å². The molecule has 1 amide bonds. The number of carboxylic acids is 1. The van der Waals surface area contributed by atoms with Crippen molar-refractivity contribution in [1.82, 2.24) is 10.2 Å². The number of rotatable bonds is 1. The molecule has 150 valence electrons. The summed E-state index contributed by atoms with van der Waals surface area (Å²) >= 11 is 5.99. The number of benzene rings is 1. The van der Waals surface area contributed by atoms with Crippen LogP contribution in [0.5, 0.6) is 0 Å². The SMILES string of the molecule is O=C(O)C(F)(F)F.O=C(c1cccc(Cl)c1)N1CCNC2(CCCCC2)C1. The van der Waals surface area contributed by atoms with Crippen molar-refractivity contribution in [2.24, 2.45) is 0 Å². The molecule has 9 heteroatoms. The molecule has 2 N–H and O–H groups in total. The topological polar surface area (TPSA) is 69.6 Å². The van der Waals surface area contributed by atoms with Crippen LogP contribution < -0.4 is 5.32 Å². The molecule has 0 bridgehead atoms. The highest BCUT2D eigenvalue weighted by Crippen LogP contribution is 2.31. The molecule has 1 saturated heterocycles. The summed E-state index contributed by atoms with van der Waals surface area (Å²) in [4.78, 5) is 23.5. The Morgan fingerprint density at radius 1 is 1.19 bits per heavy atom. The number of carbonyl (C=O) groups is 2. The van der Waals surface area contributed by atoms with Crippen LogP contribution in [0.2, 0.25) is 5.02 Å². The molecule has 1 aromatic rings. The molecular weight excluding hydrogens is 385 g/mol. The van der Waals surface area contributed by atoms with E-state index in [4.69, 9.17) is 21.5 Å². The zero-order valence-electron chi connectivity index (χ0n) is 14.7. The van der Waals surface area contributed by atoms with E-state index in [9.17, 15) is 18.0 Å². The van der Waals surface area contributed by atoms with Gasteiger partial charge in [0.15, 0.2) is 0 Å². The molecule has 3 rings (SSSR count). The Hall–Kier alpha value is -1.80. The first kappa shape index (κ1) is 21.5. The first-order valence-corrected chi connectivity index (χ1v) is 9.11. The lowest BCUT2D eigenvalue weighted by Gasteiger charge is -2.46. The molecule has 2 fully saturated rings. The van der Waals surface area contributed by atoms with Crippen LogP contribution in [0, 0.1) is 0 Å². The number of hydrogen-bond donors (Lipinski definition) is 2. The Kier molecular flexibility index (Phi) is 7.11. The molecule has 1 aliphatic carbocycles. The standard InChI is InChI=1S/C16H21ClN2O.C2HF3O2/c17-14-6-4-5-13(11-14)15(20)19-10-9-18-16(12-19)7-2-1-3-8-16;3-2(4,5)1(6)7/h4-6,11,18H,1-3,7-10,12H2;(H,6,7). The van der Waals surface area contributed by atoms with Crippen molar-refractivity contribution in [1.29, 1.82) is 0 Å². The Morgan fingerprint density at radius 3 is 2.37 bits per heavy atom.